The highest BCUT2D eigenvalue weighted by Gasteiger charge is 2.26. The largest absolute Gasteiger partial charge is 0.301 e. The fourth-order valence-corrected chi connectivity index (χ4v) is 1.60. The molecule has 11 heavy (non-hydrogen) atoms. The third-order valence-corrected chi connectivity index (χ3v) is 2.29. The van der Waals surface area contributed by atoms with E-state index in [1.165, 1.54) is 12.8 Å². The molecule has 1 aliphatic carbocycles. The quantitative estimate of drug-likeness (QED) is 0.685. The van der Waals surface area contributed by atoms with Crippen LogP contribution in [-0.4, -0.2) is 14.8 Å². The van der Waals surface area contributed by atoms with Gasteiger partial charge in [-0.2, -0.15) is 5.10 Å². The predicted octanol–water partition coefficient (Wildman–Crippen LogP) is 1.84. The molecule has 0 aromatic carbocycles. The molecule has 1 N–H and O–H groups in total. The maximum atomic E-state index is 5.10. The first-order valence-electron chi connectivity index (χ1n) is 3.98. The molecule has 2 rings (SSSR count). The number of aryl methyl sites for hydroxylation is 1. The molecule has 0 atom stereocenters. The molecule has 1 aromatic heterocycles. The van der Waals surface area contributed by atoms with Crippen LogP contribution in [0.25, 0.3) is 0 Å². The van der Waals surface area contributed by atoms with Gasteiger partial charge >= 0.3 is 0 Å². The average Bonchev–Trinajstić information content (AvgIpc) is 2.76. The lowest BCUT2D eigenvalue weighted by molar-refractivity contribution is 0.680. The normalized spacial score (nSPS) is 17.2. The fraction of sp³-hybridized carbons (Fsp3) is 0.714. The summed E-state index contributed by atoms with van der Waals surface area (Å²) in [6.07, 6.45) is 3.49. The molecule has 0 aliphatic heterocycles. The molecule has 0 spiro atoms. The molecular weight excluding hydrogens is 158 g/mol. The van der Waals surface area contributed by atoms with Gasteiger partial charge in [0.2, 0.25) is 0 Å². The predicted molar refractivity (Wildman–Crippen MR) is 45.1 cm³/mol. The van der Waals surface area contributed by atoms with Gasteiger partial charge in [0.1, 0.15) is 5.82 Å². The van der Waals surface area contributed by atoms with Gasteiger partial charge in [-0.05, 0) is 25.1 Å². The molecule has 0 bridgehead atoms. The van der Waals surface area contributed by atoms with Gasteiger partial charge in [-0.25, -0.2) is 0 Å². The third kappa shape index (κ3) is 1.11. The maximum Gasteiger partial charge on any atom is 0.195 e. The first-order chi connectivity index (χ1) is 5.33. The second kappa shape index (κ2) is 2.44. The summed E-state index contributed by atoms with van der Waals surface area (Å²) in [5, 5.41) is 6.97. The molecule has 0 unspecified atom stereocenters. The van der Waals surface area contributed by atoms with Gasteiger partial charge in [0.15, 0.2) is 4.77 Å². The van der Waals surface area contributed by atoms with E-state index in [1.807, 2.05) is 0 Å². The highest BCUT2D eigenvalue weighted by atomic mass is 32.1. The van der Waals surface area contributed by atoms with Gasteiger partial charge in [0.05, 0.1) is 0 Å². The van der Waals surface area contributed by atoms with Gasteiger partial charge in [0.25, 0.3) is 0 Å². The van der Waals surface area contributed by atoms with Crippen LogP contribution in [0.2, 0.25) is 0 Å². The molecule has 1 aliphatic rings. The number of H-pyrrole nitrogens is 1. The van der Waals surface area contributed by atoms with E-state index in [4.69, 9.17) is 12.2 Å². The summed E-state index contributed by atoms with van der Waals surface area (Å²) in [5.41, 5.74) is 0. The van der Waals surface area contributed by atoms with E-state index < -0.39 is 0 Å². The molecule has 1 fully saturated rings. The van der Waals surface area contributed by atoms with Crippen LogP contribution in [0.1, 0.15) is 31.6 Å². The summed E-state index contributed by atoms with van der Waals surface area (Å²) in [4.78, 5) is 0. The van der Waals surface area contributed by atoms with Crippen molar-refractivity contribution in [1.29, 1.82) is 0 Å². The van der Waals surface area contributed by atoms with Gasteiger partial charge in [-0.1, -0.05) is 6.92 Å². The summed E-state index contributed by atoms with van der Waals surface area (Å²) in [5.74, 6) is 1.09. The Morgan fingerprint density at radius 2 is 2.45 bits per heavy atom. The number of rotatable bonds is 2. The topological polar surface area (TPSA) is 33.6 Å². The third-order valence-electron chi connectivity index (χ3n) is 2.01. The maximum absolute atomic E-state index is 5.10. The Kier molecular flexibility index (Phi) is 1.56. The first-order valence-corrected chi connectivity index (χ1v) is 4.39. The van der Waals surface area contributed by atoms with Crippen LogP contribution in [0.5, 0.6) is 0 Å². The molecular formula is C7H11N3S. The van der Waals surface area contributed by atoms with E-state index in [9.17, 15) is 0 Å². The van der Waals surface area contributed by atoms with E-state index in [0.717, 1.165) is 17.0 Å². The van der Waals surface area contributed by atoms with Crippen molar-refractivity contribution in [3.63, 3.8) is 0 Å². The van der Waals surface area contributed by atoms with Crippen molar-refractivity contribution in [1.82, 2.24) is 14.8 Å². The Morgan fingerprint density at radius 3 is 3.00 bits per heavy atom. The van der Waals surface area contributed by atoms with Crippen LogP contribution in [0.15, 0.2) is 0 Å². The number of nitrogens with one attached hydrogen (secondary N) is 1. The van der Waals surface area contributed by atoms with Crippen molar-refractivity contribution in [2.75, 3.05) is 0 Å². The molecule has 0 amide bonds. The van der Waals surface area contributed by atoms with E-state index in [1.54, 1.807) is 0 Å². The van der Waals surface area contributed by atoms with Crippen LogP contribution in [0.4, 0.5) is 0 Å². The first kappa shape index (κ1) is 7.03. The van der Waals surface area contributed by atoms with Crippen molar-refractivity contribution in [3.8, 4) is 0 Å². The monoisotopic (exact) mass is 169 g/mol. The molecule has 0 saturated heterocycles. The van der Waals surface area contributed by atoms with Crippen molar-refractivity contribution in [2.24, 2.45) is 0 Å². The van der Waals surface area contributed by atoms with Crippen molar-refractivity contribution >= 4 is 12.2 Å². The summed E-state index contributed by atoms with van der Waals surface area (Å²) in [7, 11) is 0. The lowest BCUT2D eigenvalue weighted by Crippen LogP contribution is -1.99. The van der Waals surface area contributed by atoms with Crippen molar-refractivity contribution in [3.05, 3.63) is 10.6 Å². The number of aromatic nitrogens is 3. The highest BCUT2D eigenvalue weighted by molar-refractivity contribution is 7.71. The van der Waals surface area contributed by atoms with Crippen molar-refractivity contribution < 1.29 is 0 Å². The lowest BCUT2D eigenvalue weighted by atomic mass is 10.4. The highest BCUT2D eigenvalue weighted by Crippen LogP contribution is 2.35. The Bertz CT molecular complexity index is 308. The van der Waals surface area contributed by atoms with Crippen LogP contribution < -0.4 is 0 Å². The molecule has 4 heteroatoms. The molecule has 0 radical (unpaired) electrons. The van der Waals surface area contributed by atoms with Gasteiger partial charge in [-0.15, -0.1) is 0 Å². The Labute approximate surface area is 70.4 Å². The zero-order valence-corrected chi connectivity index (χ0v) is 7.32. The van der Waals surface area contributed by atoms with E-state index in [2.05, 4.69) is 21.7 Å². The van der Waals surface area contributed by atoms with Crippen LogP contribution in [-0.2, 0) is 6.42 Å². The Balaban J connectivity index is 2.46. The number of hydrogen-bond acceptors (Lipinski definition) is 2. The van der Waals surface area contributed by atoms with Gasteiger partial charge < -0.3 is 4.57 Å². The SMILES string of the molecule is CCc1n[nH]c(=S)n1C1CC1. The van der Waals surface area contributed by atoms with Gasteiger partial charge in [-0.3, -0.25) is 5.10 Å². The molecule has 1 heterocycles. The molecule has 60 valence electrons. The van der Waals surface area contributed by atoms with Crippen LogP contribution >= 0.6 is 12.2 Å². The summed E-state index contributed by atoms with van der Waals surface area (Å²) >= 11 is 5.10. The fourth-order valence-electron chi connectivity index (χ4n) is 1.30. The average molecular weight is 169 g/mol. The summed E-state index contributed by atoms with van der Waals surface area (Å²) in [6.45, 7) is 2.10. The smallest absolute Gasteiger partial charge is 0.195 e. The molecule has 1 saturated carbocycles. The van der Waals surface area contributed by atoms with E-state index in [0.29, 0.717) is 6.04 Å². The second-order valence-electron chi connectivity index (χ2n) is 2.90. The Morgan fingerprint density at radius 1 is 1.73 bits per heavy atom. The zero-order chi connectivity index (χ0) is 7.84. The van der Waals surface area contributed by atoms with E-state index in [-0.39, 0.29) is 0 Å². The number of hydrogen-bond donors (Lipinski definition) is 1. The number of nitrogens with zero attached hydrogens (tertiary/aromatic N) is 2. The standard InChI is InChI=1S/C7H11N3S/c1-2-6-8-9-7(11)10(6)5-3-4-5/h5H,2-4H2,1H3,(H,9,11). The molecule has 1 aromatic rings. The van der Waals surface area contributed by atoms with Gasteiger partial charge in [0, 0.05) is 12.5 Å². The minimum atomic E-state index is 0.649. The van der Waals surface area contributed by atoms with Crippen LogP contribution in [0, 0.1) is 4.77 Å². The van der Waals surface area contributed by atoms with Crippen LogP contribution in [0.3, 0.4) is 0 Å². The zero-order valence-electron chi connectivity index (χ0n) is 6.50. The van der Waals surface area contributed by atoms with Crippen molar-refractivity contribution in [2.45, 2.75) is 32.2 Å². The Hall–Kier alpha value is -0.640. The number of aromatic amines is 1. The molecule has 3 nitrogen and oxygen atoms in total. The minimum Gasteiger partial charge on any atom is -0.301 e. The summed E-state index contributed by atoms with van der Waals surface area (Å²) < 4.78 is 2.93. The summed E-state index contributed by atoms with van der Waals surface area (Å²) in [6, 6.07) is 0.649. The lowest BCUT2D eigenvalue weighted by Gasteiger charge is -2.00. The second-order valence-corrected chi connectivity index (χ2v) is 3.29. The minimum absolute atomic E-state index is 0.649. The van der Waals surface area contributed by atoms with E-state index >= 15 is 0 Å².